The van der Waals surface area contributed by atoms with E-state index in [4.69, 9.17) is 0 Å². The summed E-state index contributed by atoms with van der Waals surface area (Å²) in [5, 5.41) is 0. The molecule has 0 aliphatic carbocycles. The lowest BCUT2D eigenvalue weighted by Gasteiger charge is -2.21. The maximum Gasteiger partial charge on any atom is 0.167 e. The Bertz CT molecular complexity index is 472. The number of halogens is 1. The van der Waals surface area contributed by atoms with Crippen molar-refractivity contribution in [1.82, 2.24) is 4.90 Å². The van der Waals surface area contributed by atoms with Crippen LogP contribution in [0.15, 0.2) is 24.3 Å². The number of nitrogens with zero attached hydrogens (tertiary/aromatic N) is 1. The largest absolute Gasteiger partial charge is 0.303 e. The quantitative estimate of drug-likeness (QED) is 0.759. The van der Waals surface area contributed by atoms with Crippen LogP contribution in [0, 0.1) is 17.7 Å². The molecule has 1 aromatic carbocycles. The van der Waals surface area contributed by atoms with E-state index in [1.54, 1.807) is 18.2 Å². The maximum absolute atomic E-state index is 13.6. The summed E-state index contributed by atoms with van der Waals surface area (Å²) in [6, 6.07) is 6.27. The van der Waals surface area contributed by atoms with E-state index in [0.717, 1.165) is 31.5 Å². The van der Waals surface area contributed by atoms with Crippen molar-refractivity contribution in [2.75, 3.05) is 19.6 Å². The van der Waals surface area contributed by atoms with Crippen LogP contribution in [-0.4, -0.2) is 30.3 Å². The first-order chi connectivity index (χ1) is 10.1. The topological polar surface area (TPSA) is 20.3 Å². The molecule has 0 spiro atoms. The third kappa shape index (κ3) is 4.63. The maximum atomic E-state index is 13.6. The molecule has 21 heavy (non-hydrogen) atoms. The number of ketones is 1. The fourth-order valence-corrected chi connectivity index (χ4v) is 3.15. The average Bonchev–Trinajstić information content (AvgIpc) is 2.71. The van der Waals surface area contributed by atoms with Crippen LogP contribution in [0.2, 0.25) is 0 Å². The Kier molecular flexibility index (Phi) is 5.92. The lowest BCUT2D eigenvalue weighted by atomic mass is 9.89. The van der Waals surface area contributed by atoms with Gasteiger partial charge in [0.25, 0.3) is 0 Å². The lowest BCUT2D eigenvalue weighted by Crippen LogP contribution is -2.28. The van der Waals surface area contributed by atoms with E-state index in [0.29, 0.717) is 6.42 Å². The highest BCUT2D eigenvalue weighted by atomic mass is 19.1. The first-order valence-corrected chi connectivity index (χ1v) is 8.08. The Morgan fingerprint density at radius 3 is 2.76 bits per heavy atom. The molecule has 1 fully saturated rings. The number of benzene rings is 1. The van der Waals surface area contributed by atoms with E-state index in [1.165, 1.54) is 25.3 Å². The molecular formula is C18H26FNO. The molecule has 1 atom stereocenters. The van der Waals surface area contributed by atoms with Crippen molar-refractivity contribution < 1.29 is 9.18 Å². The number of hydrogen-bond acceptors (Lipinski definition) is 2. The summed E-state index contributed by atoms with van der Waals surface area (Å²) in [7, 11) is 0. The third-order valence-electron chi connectivity index (χ3n) is 4.64. The van der Waals surface area contributed by atoms with Gasteiger partial charge in [0, 0.05) is 13.0 Å². The smallest absolute Gasteiger partial charge is 0.167 e. The number of likely N-dealkylation sites (tertiary alicyclic amines) is 1. The van der Waals surface area contributed by atoms with E-state index in [2.05, 4.69) is 18.7 Å². The molecule has 2 nitrogen and oxygen atoms in total. The molecule has 1 aromatic rings. The number of hydrogen-bond donors (Lipinski definition) is 0. The van der Waals surface area contributed by atoms with Crippen molar-refractivity contribution >= 4 is 5.78 Å². The minimum atomic E-state index is -0.404. The summed E-state index contributed by atoms with van der Waals surface area (Å²) in [6.07, 6.45) is 4.12. The predicted octanol–water partition coefficient (Wildman–Crippen LogP) is 4.16. The summed E-state index contributed by atoms with van der Waals surface area (Å²) in [6.45, 7) is 7.46. The van der Waals surface area contributed by atoms with Gasteiger partial charge in [0.05, 0.1) is 5.56 Å². The van der Waals surface area contributed by atoms with Gasteiger partial charge in [-0.25, -0.2) is 4.39 Å². The van der Waals surface area contributed by atoms with Crippen LogP contribution >= 0.6 is 0 Å². The molecule has 1 heterocycles. The monoisotopic (exact) mass is 291 g/mol. The van der Waals surface area contributed by atoms with Gasteiger partial charge in [-0.05, 0) is 56.3 Å². The Hall–Kier alpha value is -1.22. The predicted molar refractivity (Wildman–Crippen MR) is 84.0 cm³/mol. The van der Waals surface area contributed by atoms with Gasteiger partial charge in [-0.1, -0.05) is 26.0 Å². The Morgan fingerprint density at radius 1 is 1.29 bits per heavy atom. The van der Waals surface area contributed by atoms with Crippen LogP contribution in [0.25, 0.3) is 0 Å². The second-order valence-electron chi connectivity index (χ2n) is 6.43. The molecule has 1 aliphatic rings. The molecule has 0 N–H and O–H groups in total. The van der Waals surface area contributed by atoms with Gasteiger partial charge >= 0.3 is 0 Å². The molecule has 0 aromatic heterocycles. The van der Waals surface area contributed by atoms with E-state index < -0.39 is 5.82 Å². The second-order valence-corrected chi connectivity index (χ2v) is 6.43. The highest BCUT2D eigenvalue weighted by molar-refractivity contribution is 5.96. The first-order valence-electron chi connectivity index (χ1n) is 8.08. The van der Waals surface area contributed by atoms with Gasteiger partial charge in [-0.15, -0.1) is 0 Å². The van der Waals surface area contributed by atoms with Gasteiger partial charge in [0.2, 0.25) is 0 Å². The molecule has 0 radical (unpaired) electrons. The zero-order valence-electron chi connectivity index (χ0n) is 13.1. The van der Waals surface area contributed by atoms with Crippen LogP contribution in [0.1, 0.15) is 49.9 Å². The van der Waals surface area contributed by atoms with Gasteiger partial charge in [0.1, 0.15) is 5.82 Å². The number of carbonyl (C=O) groups excluding carboxylic acids is 1. The summed E-state index contributed by atoms with van der Waals surface area (Å²) in [4.78, 5) is 14.5. The zero-order chi connectivity index (χ0) is 15.2. The summed E-state index contributed by atoms with van der Waals surface area (Å²) < 4.78 is 13.6. The molecule has 1 saturated heterocycles. The number of rotatable bonds is 5. The van der Waals surface area contributed by atoms with Crippen LogP contribution < -0.4 is 0 Å². The second kappa shape index (κ2) is 7.69. The summed E-state index contributed by atoms with van der Waals surface area (Å²) in [5.41, 5.74) is 0.229. The average molecular weight is 291 g/mol. The van der Waals surface area contributed by atoms with Crippen LogP contribution in [-0.2, 0) is 0 Å². The van der Waals surface area contributed by atoms with Gasteiger partial charge in [-0.2, -0.15) is 0 Å². The van der Waals surface area contributed by atoms with Crippen molar-refractivity contribution in [3.05, 3.63) is 35.6 Å². The van der Waals surface area contributed by atoms with Crippen molar-refractivity contribution in [2.45, 2.75) is 39.5 Å². The third-order valence-corrected chi connectivity index (χ3v) is 4.64. The van der Waals surface area contributed by atoms with Crippen LogP contribution in [0.5, 0.6) is 0 Å². The van der Waals surface area contributed by atoms with Crippen molar-refractivity contribution in [3.63, 3.8) is 0 Å². The van der Waals surface area contributed by atoms with Crippen molar-refractivity contribution in [1.29, 1.82) is 0 Å². The molecular weight excluding hydrogens is 265 g/mol. The van der Waals surface area contributed by atoms with E-state index in [-0.39, 0.29) is 11.3 Å². The SMILES string of the molecule is CC(C)C1CCCN(CCC(=O)c2ccccc2F)CC1. The fraction of sp³-hybridized carbons (Fsp3) is 0.611. The number of Topliss-reactive ketones (excluding diaryl/α,β-unsaturated/α-hetero) is 1. The molecule has 0 amide bonds. The van der Waals surface area contributed by atoms with E-state index >= 15 is 0 Å². The number of carbonyl (C=O) groups is 1. The molecule has 2 rings (SSSR count). The first kappa shape index (κ1) is 16.2. The van der Waals surface area contributed by atoms with Gasteiger partial charge < -0.3 is 4.90 Å². The van der Waals surface area contributed by atoms with E-state index in [1.807, 2.05) is 0 Å². The van der Waals surface area contributed by atoms with Gasteiger partial charge in [-0.3, -0.25) is 4.79 Å². The van der Waals surface area contributed by atoms with Crippen molar-refractivity contribution in [3.8, 4) is 0 Å². The highest BCUT2D eigenvalue weighted by Crippen LogP contribution is 2.24. The molecule has 1 unspecified atom stereocenters. The van der Waals surface area contributed by atoms with Crippen LogP contribution in [0.4, 0.5) is 4.39 Å². The fourth-order valence-electron chi connectivity index (χ4n) is 3.15. The molecule has 0 saturated carbocycles. The molecule has 0 bridgehead atoms. The normalized spacial score (nSPS) is 20.5. The van der Waals surface area contributed by atoms with Gasteiger partial charge in [0.15, 0.2) is 5.78 Å². The zero-order valence-corrected chi connectivity index (χ0v) is 13.1. The van der Waals surface area contributed by atoms with Crippen molar-refractivity contribution in [2.24, 2.45) is 11.8 Å². The van der Waals surface area contributed by atoms with E-state index in [9.17, 15) is 9.18 Å². The Labute approximate surface area is 127 Å². The lowest BCUT2D eigenvalue weighted by molar-refractivity contribution is 0.0960. The standard InChI is InChI=1S/C18H26FNO/c1-14(2)15-6-5-11-20(12-9-15)13-10-18(21)16-7-3-4-8-17(16)19/h3-4,7-8,14-15H,5-6,9-13H2,1-2H3. The molecule has 116 valence electrons. The van der Waals surface area contributed by atoms with Crippen LogP contribution in [0.3, 0.4) is 0 Å². The molecule has 1 aliphatic heterocycles. The summed E-state index contributed by atoms with van der Waals surface area (Å²) >= 11 is 0. The Morgan fingerprint density at radius 2 is 2.05 bits per heavy atom. The molecule has 3 heteroatoms. The highest BCUT2D eigenvalue weighted by Gasteiger charge is 2.20. The Balaban J connectivity index is 1.83. The minimum Gasteiger partial charge on any atom is -0.303 e. The summed E-state index contributed by atoms with van der Waals surface area (Å²) in [5.74, 6) is 1.05. The minimum absolute atomic E-state index is 0.0854.